The smallest absolute Gasteiger partial charge is 0.0991 e. The average Bonchev–Trinajstić information content (AvgIpc) is 2.81. The van der Waals surface area contributed by atoms with Gasteiger partial charge >= 0.3 is 0 Å². The molecule has 0 bridgehead atoms. The van der Waals surface area contributed by atoms with Crippen molar-refractivity contribution in [2.24, 2.45) is 0 Å². The maximum absolute atomic E-state index is 9.02. The fourth-order valence-corrected chi connectivity index (χ4v) is 4.38. The minimum absolute atomic E-state index is 0.686. The molecule has 1 nitrogen and oxygen atoms in total. The van der Waals surface area contributed by atoms with Crippen LogP contribution in [0.25, 0.3) is 39.1 Å². The zero-order valence-electron chi connectivity index (χ0n) is 17.7. The molecule has 0 amide bonds. The summed E-state index contributed by atoms with van der Waals surface area (Å²) < 4.78 is 0. The Balaban J connectivity index is 1.88. The highest BCUT2D eigenvalue weighted by Crippen LogP contribution is 2.38. The monoisotopic (exact) mass is 387 g/mol. The first-order chi connectivity index (χ1) is 14.7. The van der Waals surface area contributed by atoms with Crippen LogP contribution in [0, 0.1) is 18.3 Å². The minimum Gasteiger partial charge on any atom is -0.192 e. The van der Waals surface area contributed by atoms with E-state index in [0.29, 0.717) is 5.56 Å². The van der Waals surface area contributed by atoms with E-state index in [1.165, 1.54) is 38.6 Å². The van der Waals surface area contributed by atoms with Crippen molar-refractivity contribution >= 4 is 16.8 Å². The molecule has 146 valence electrons. The van der Waals surface area contributed by atoms with Gasteiger partial charge in [-0.25, -0.2) is 0 Å². The topological polar surface area (TPSA) is 23.8 Å². The van der Waals surface area contributed by atoms with Crippen LogP contribution in [-0.4, -0.2) is 0 Å². The average molecular weight is 388 g/mol. The molecule has 0 spiro atoms. The van der Waals surface area contributed by atoms with Crippen LogP contribution in [0.3, 0.4) is 0 Å². The third-order valence-corrected chi connectivity index (χ3v) is 5.83. The van der Waals surface area contributed by atoms with E-state index < -0.39 is 0 Å². The van der Waals surface area contributed by atoms with Crippen LogP contribution in [0.5, 0.6) is 0 Å². The molecule has 0 radical (unpaired) electrons. The molecule has 30 heavy (non-hydrogen) atoms. The molecule has 0 saturated heterocycles. The van der Waals surface area contributed by atoms with Crippen molar-refractivity contribution < 1.29 is 0 Å². The van der Waals surface area contributed by atoms with Crippen molar-refractivity contribution in [2.45, 2.75) is 27.2 Å². The zero-order chi connectivity index (χ0) is 21.1. The van der Waals surface area contributed by atoms with Crippen LogP contribution < -0.4 is 0 Å². The Bertz CT molecular complexity index is 1270. The molecule has 0 unspecified atom stereocenters. The van der Waals surface area contributed by atoms with E-state index >= 15 is 0 Å². The standard InChI is InChI=1S/C29H25N/c1-4-8-27-25(5-2)29(20(3)26-9-6-7-10-28(26)27)24-17-15-23(16-18-24)22-13-11-21(19-30)12-14-22/h4,6-18H,5H2,1-3H3/b8-4-. The Hall–Kier alpha value is -3.63. The summed E-state index contributed by atoms with van der Waals surface area (Å²) in [5, 5.41) is 11.7. The van der Waals surface area contributed by atoms with Crippen molar-refractivity contribution in [2.75, 3.05) is 0 Å². The summed E-state index contributed by atoms with van der Waals surface area (Å²) in [5.74, 6) is 0. The largest absolute Gasteiger partial charge is 0.192 e. The highest BCUT2D eigenvalue weighted by atomic mass is 14.2. The van der Waals surface area contributed by atoms with Crippen molar-refractivity contribution in [1.82, 2.24) is 0 Å². The first kappa shape index (κ1) is 19.7. The number of aryl methyl sites for hydroxylation is 1. The lowest BCUT2D eigenvalue weighted by Crippen LogP contribution is -1.98. The molecular formula is C29H25N. The van der Waals surface area contributed by atoms with Crippen LogP contribution in [0.2, 0.25) is 0 Å². The Morgan fingerprint density at radius 3 is 1.93 bits per heavy atom. The molecular weight excluding hydrogens is 362 g/mol. The van der Waals surface area contributed by atoms with Gasteiger partial charge in [0.25, 0.3) is 0 Å². The van der Waals surface area contributed by atoms with Crippen molar-refractivity contribution in [3.8, 4) is 28.3 Å². The summed E-state index contributed by atoms with van der Waals surface area (Å²) in [5.41, 5.74) is 9.62. The zero-order valence-corrected chi connectivity index (χ0v) is 17.7. The van der Waals surface area contributed by atoms with Gasteiger partial charge in [0.05, 0.1) is 11.6 Å². The highest BCUT2D eigenvalue weighted by Gasteiger charge is 2.16. The number of hydrogen-bond acceptors (Lipinski definition) is 1. The molecule has 0 fully saturated rings. The molecule has 0 N–H and O–H groups in total. The van der Waals surface area contributed by atoms with Gasteiger partial charge in [-0.1, -0.05) is 79.7 Å². The third-order valence-electron chi connectivity index (χ3n) is 5.83. The van der Waals surface area contributed by atoms with Gasteiger partial charge in [-0.3, -0.25) is 0 Å². The molecule has 0 aliphatic heterocycles. The van der Waals surface area contributed by atoms with Crippen LogP contribution >= 0.6 is 0 Å². The number of fused-ring (bicyclic) bond motifs is 1. The summed E-state index contributed by atoms with van der Waals surface area (Å²) in [6.07, 6.45) is 5.36. The van der Waals surface area contributed by atoms with Gasteiger partial charge in [0.1, 0.15) is 0 Å². The Morgan fingerprint density at radius 1 is 0.800 bits per heavy atom. The molecule has 1 heteroatoms. The summed E-state index contributed by atoms with van der Waals surface area (Å²) >= 11 is 0. The predicted octanol–water partition coefficient (Wildman–Crippen LogP) is 7.95. The van der Waals surface area contributed by atoms with E-state index in [2.05, 4.69) is 87.5 Å². The lowest BCUT2D eigenvalue weighted by atomic mass is 9.84. The van der Waals surface area contributed by atoms with Crippen molar-refractivity contribution in [1.29, 1.82) is 5.26 Å². The summed E-state index contributed by atoms with van der Waals surface area (Å²) in [6.45, 7) is 6.57. The Morgan fingerprint density at radius 2 is 1.37 bits per heavy atom. The maximum atomic E-state index is 9.02. The molecule has 0 aromatic heterocycles. The van der Waals surface area contributed by atoms with Crippen molar-refractivity contribution in [3.05, 3.63) is 101 Å². The maximum Gasteiger partial charge on any atom is 0.0991 e. The molecule has 4 aromatic carbocycles. The first-order valence-corrected chi connectivity index (χ1v) is 10.5. The minimum atomic E-state index is 0.686. The number of hydrogen-bond donors (Lipinski definition) is 0. The van der Waals surface area contributed by atoms with E-state index in [4.69, 9.17) is 5.26 Å². The fourth-order valence-electron chi connectivity index (χ4n) is 4.38. The van der Waals surface area contributed by atoms with Crippen LogP contribution in [0.4, 0.5) is 0 Å². The lowest BCUT2D eigenvalue weighted by Gasteiger charge is -2.19. The molecule has 0 atom stereocenters. The fraction of sp³-hybridized carbons (Fsp3) is 0.138. The summed E-state index contributed by atoms with van der Waals surface area (Å²) in [4.78, 5) is 0. The number of rotatable bonds is 4. The van der Waals surface area contributed by atoms with E-state index in [9.17, 15) is 0 Å². The second-order valence-electron chi connectivity index (χ2n) is 7.56. The molecule has 0 aliphatic carbocycles. The van der Waals surface area contributed by atoms with E-state index in [1.54, 1.807) is 0 Å². The SMILES string of the molecule is C/C=C\c1c(CC)c(-c2ccc(-c3ccc(C#N)cc3)cc2)c(C)c2ccccc12. The number of nitriles is 1. The molecule has 0 heterocycles. The molecule has 0 aliphatic rings. The number of benzene rings is 4. The van der Waals surface area contributed by atoms with Gasteiger partial charge in [0, 0.05) is 0 Å². The lowest BCUT2D eigenvalue weighted by molar-refractivity contribution is 1.14. The number of nitrogens with zero attached hydrogens (tertiary/aromatic N) is 1. The van der Waals surface area contributed by atoms with Gasteiger partial charge in [-0.05, 0) is 82.1 Å². The third kappa shape index (κ3) is 3.42. The van der Waals surface area contributed by atoms with Gasteiger partial charge in [0.15, 0.2) is 0 Å². The number of allylic oxidation sites excluding steroid dienone is 1. The van der Waals surface area contributed by atoms with Crippen LogP contribution in [0.1, 0.15) is 36.1 Å². The van der Waals surface area contributed by atoms with Crippen LogP contribution in [0.15, 0.2) is 78.9 Å². The van der Waals surface area contributed by atoms with Gasteiger partial charge < -0.3 is 0 Å². The Labute approximate surface area is 178 Å². The normalized spacial score (nSPS) is 11.1. The van der Waals surface area contributed by atoms with Crippen LogP contribution in [-0.2, 0) is 6.42 Å². The van der Waals surface area contributed by atoms with Gasteiger partial charge in [-0.2, -0.15) is 5.26 Å². The molecule has 4 aromatic rings. The van der Waals surface area contributed by atoms with Gasteiger partial charge in [-0.15, -0.1) is 0 Å². The predicted molar refractivity (Wildman–Crippen MR) is 128 cm³/mol. The highest BCUT2D eigenvalue weighted by molar-refractivity contribution is 6.00. The Kier molecular flexibility index (Phi) is 5.50. The second kappa shape index (κ2) is 8.39. The second-order valence-corrected chi connectivity index (χ2v) is 7.56. The summed E-state index contributed by atoms with van der Waals surface area (Å²) in [6, 6.07) is 27.5. The quantitative estimate of drug-likeness (QED) is 0.348. The summed E-state index contributed by atoms with van der Waals surface area (Å²) in [7, 11) is 0. The van der Waals surface area contributed by atoms with Crippen molar-refractivity contribution in [3.63, 3.8) is 0 Å². The molecule has 4 rings (SSSR count). The van der Waals surface area contributed by atoms with E-state index in [0.717, 1.165) is 17.5 Å². The van der Waals surface area contributed by atoms with E-state index in [-0.39, 0.29) is 0 Å². The molecule has 0 saturated carbocycles. The first-order valence-electron chi connectivity index (χ1n) is 10.5. The van der Waals surface area contributed by atoms with E-state index in [1.807, 2.05) is 24.3 Å². The van der Waals surface area contributed by atoms with Gasteiger partial charge in [0.2, 0.25) is 0 Å².